The van der Waals surface area contributed by atoms with E-state index in [1.165, 1.54) is 59.3 Å². The molecule has 0 fully saturated rings. The van der Waals surface area contributed by atoms with Gasteiger partial charge in [-0.3, -0.25) is 9.97 Å². The van der Waals surface area contributed by atoms with Crippen molar-refractivity contribution in [2.75, 3.05) is 0 Å². The molecule has 6 aromatic rings. The highest BCUT2D eigenvalue weighted by molar-refractivity contribution is 7.03. The van der Waals surface area contributed by atoms with Crippen molar-refractivity contribution in [3.05, 3.63) is 84.6 Å². The first kappa shape index (κ1) is 19.0. The van der Waals surface area contributed by atoms with E-state index in [0.29, 0.717) is 0 Å². The second kappa shape index (κ2) is 6.49. The van der Waals surface area contributed by atoms with Gasteiger partial charge in [-0.15, -0.1) is 0 Å². The zero-order valence-electron chi connectivity index (χ0n) is 19.1. The molecule has 1 aliphatic heterocycles. The number of para-hydroxylation sites is 1. The number of hydrogen-bond acceptors (Lipinski definition) is 2. The number of aryl methyl sites for hydroxylation is 1. The lowest BCUT2D eigenvalue weighted by molar-refractivity contribution is 1.15. The fraction of sp³-hybridized carbons (Fsp3) is 0.133. The lowest BCUT2D eigenvalue weighted by Crippen LogP contribution is -2.57. The van der Waals surface area contributed by atoms with Crippen LogP contribution in [-0.4, -0.2) is 18.0 Å². The molecule has 0 unspecified atom stereocenters. The highest BCUT2D eigenvalue weighted by Crippen LogP contribution is 2.38. The van der Waals surface area contributed by atoms with Gasteiger partial charge in [0, 0.05) is 27.8 Å². The van der Waals surface area contributed by atoms with Gasteiger partial charge < -0.3 is 0 Å². The average molecular weight is 441 g/mol. The van der Waals surface area contributed by atoms with Crippen LogP contribution in [-0.2, 0) is 6.42 Å². The van der Waals surface area contributed by atoms with E-state index >= 15 is 0 Å². The molecule has 0 N–H and O–H groups in total. The first-order valence-corrected chi connectivity index (χ1v) is 14.7. The molecule has 1 aliphatic rings. The Balaban J connectivity index is 1.69. The molecule has 0 radical (unpaired) electrons. The van der Waals surface area contributed by atoms with Crippen LogP contribution in [0.4, 0.5) is 0 Å². The summed E-state index contributed by atoms with van der Waals surface area (Å²) in [6.07, 6.45) is 3.03. The first-order valence-electron chi connectivity index (χ1n) is 11.7. The summed E-state index contributed by atoms with van der Waals surface area (Å²) < 4.78 is 0. The number of pyridine rings is 2. The fourth-order valence-electron chi connectivity index (χ4n) is 5.77. The van der Waals surface area contributed by atoms with Gasteiger partial charge >= 0.3 is 0 Å². The van der Waals surface area contributed by atoms with Crippen LogP contribution in [0.1, 0.15) is 12.5 Å². The normalized spacial score (nSPS) is 14.3. The topological polar surface area (TPSA) is 25.8 Å². The van der Waals surface area contributed by atoms with Crippen LogP contribution < -0.4 is 10.5 Å². The number of hydrogen-bond donors (Lipinski definition) is 0. The lowest BCUT2D eigenvalue weighted by atomic mass is 9.94. The Bertz CT molecular complexity index is 1780. The minimum Gasteiger partial charge on any atom is -0.257 e. The van der Waals surface area contributed by atoms with Crippen molar-refractivity contribution in [2.24, 2.45) is 0 Å². The van der Waals surface area contributed by atoms with Gasteiger partial charge in [0.05, 0.1) is 11.2 Å². The first-order chi connectivity index (χ1) is 16.1. The van der Waals surface area contributed by atoms with E-state index in [1.807, 2.05) is 6.20 Å². The zero-order valence-corrected chi connectivity index (χ0v) is 20.1. The van der Waals surface area contributed by atoms with Gasteiger partial charge in [-0.25, -0.2) is 0 Å². The lowest BCUT2D eigenvalue weighted by Gasteiger charge is -2.32. The van der Waals surface area contributed by atoms with Crippen LogP contribution in [0.5, 0.6) is 0 Å². The van der Waals surface area contributed by atoms with Crippen molar-refractivity contribution in [3.63, 3.8) is 0 Å². The minimum absolute atomic E-state index is 1.05. The molecule has 2 aromatic heterocycles. The van der Waals surface area contributed by atoms with Crippen LogP contribution >= 0.6 is 0 Å². The average Bonchev–Trinajstić information content (AvgIpc) is 2.85. The molecule has 3 heteroatoms. The van der Waals surface area contributed by atoms with Crippen LogP contribution in [0.2, 0.25) is 13.1 Å². The van der Waals surface area contributed by atoms with E-state index in [2.05, 4.69) is 92.8 Å². The van der Waals surface area contributed by atoms with Crippen LogP contribution in [0.25, 0.3) is 54.5 Å². The van der Waals surface area contributed by atoms with E-state index in [9.17, 15) is 0 Å². The van der Waals surface area contributed by atoms with Crippen LogP contribution in [0.3, 0.4) is 0 Å². The Hall–Kier alpha value is -3.56. The molecule has 2 nitrogen and oxygen atoms in total. The maximum absolute atomic E-state index is 5.25. The van der Waals surface area contributed by atoms with Crippen molar-refractivity contribution in [1.82, 2.24) is 9.97 Å². The Morgan fingerprint density at radius 1 is 0.758 bits per heavy atom. The van der Waals surface area contributed by atoms with Gasteiger partial charge in [0.25, 0.3) is 0 Å². The third-order valence-electron chi connectivity index (χ3n) is 7.58. The number of fused-ring (bicyclic) bond motifs is 7. The second-order valence-corrected chi connectivity index (χ2v) is 14.0. The SMILES string of the molecule is CCc1ccc2ccc3c4ccnc5c4c(cc3c2c1)[Si](C)(C)c1nc2ccccc2cc1-5. The highest BCUT2D eigenvalue weighted by atomic mass is 28.3. The maximum Gasteiger partial charge on any atom is 0.137 e. The Morgan fingerprint density at radius 2 is 1.61 bits per heavy atom. The van der Waals surface area contributed by atoms with Gasteiger partial charge in [0.1, 0.15) is 8.07 Å². The van der Waals surface area contributed by atoms with Crippen LogP contribution in [0.15, 0.2) is 79.0 Å². The van der Waals surface area contributed by atoms with E-state index in [0.717, 1.165) is 17.6 Å². The summed E-state index contributed by atoms with van der Waals surface area (Å²) in [6.45, 7) is 7.13. The second-order valence-electron chi connectivity index (χ2n) is 9.78. The van der Waals surface area contributed by atoms with Gasteiger partial charge in [-0.1, -0.05) is 74.6 Å². The van der Waals surface area contributed by atoms with E-state index in [4.69, 9.17) is 9.97 Å². The summed E-state index contributed by atoms with van der Waals surface area (Å²) in [5.41, 5.74) is 4.77. The minimum atomic E-state index is -2.06. The molecular formula is C30H24N2Si. The standard InChI is InChI=1S/C30H24N2Si/c1-4-18-9-10-19-11-12-21-22-13-14-31-29-25-16-20-7-5-6-8-26(20)32-30(25)33(2,3)27(28(22)29)17-24(21)23(19)15-18/h5-17H,4H2,1-3H3. The van der Waals surface area contributed by atoms with Crippen molar-refractivity contribution in [1.29, 1.82) is 0 Å². The highest BCUT2D eigenvalue weighted by Gasteiger charge is 2.38. The third kappa shape index (κ3) is 2.48. The largest absolute Gasteiger partial charge is 0.257 e. The molecule has 0 atom stereocenters. The van der Waals surface area contributed by atoms with Gasteiger partial charge in [0.2, 0.25) is 0 Å². The van der Waals surface area contributed by atoms with Crippen LogP contribution in [0, 0.1) is 0 Å². The molecule has 0 bridgehead atoms. The van der Waals surface area contributed by atoms with Crippen molar-refractivity contribution in [2.45, 2.75) is 26.4 Å². The molecule has 0 saturated heterocycles. The molecule has 4 aromatic carbocycles. The molecule has 3 heterocycles. The van der Waals surface area contributed by atoms with E-state index < -0.39 is 8.07 Å². The number of nitrogens with zero attached hydrogens (tertiary/aromatic N) is 2. The molecule has 0 spiro atoms. The molecule has 7 rings (SSSR count). The monoisotopic (exact) mass is 440 g/mol. The Morgan fingerprint density at radius 3 is 2.48 bits per heavy atom. The number of rotatable bonds is 1. The van der Waals surface area contributed by atoms with Crippen molar-refractivity contribution >= 4 is 61.8 Å². The molecule has 158 valence electrons. The molecule has 0 amide bonds. The van der Waals surface area contributed by atoms with E-state index in [-0.39, 0.29) is 0 Å². The molecule has 33 heavy (non-hydrogen) atoms. The summed E-state index contributed by atoms with van der Waals surface area (Å²) in [5, 5.41) is 11.9. The van der Waals surface area contributed by atoms with E-state index in [1.54, 1.807) is 0 Å². The zero-order chi connectivity index (χ0) is 22.3. The fourth-order valence-corrected chi connectivity index (χ4v) is 8.68. The molecular weight excluding hydrogens is 416 g/mol. The summed E-state index contributed by atoms with van der Waals surface area (Å²) in [5.74, 6) is 0. The third-order valence-corrected chi connectivity index (χ3v) is 10.9. The molecule has 0 saturated carbocycles. The summed E-state index contributed by atoms with van der Waals surface area (Å²) in [4.78, 5) is 10.2. The van der Waals surface area contributed by atoms with Gasteiger partial charge in [0.15, 0.2) is 0 Å². The predicted molar refractivity (Wildman–Crippen MR) is 144 cm³/mol. The summed E-state index contributed by atoms with van der Waals surface area (Å²) in [6, 6.07) is 26.9. The maximum atomic E-state index is 5.25. The van der Waals surface area contributed by atoms with Gasteiger partial charge in [-0.05, 0) is 62.3 Å². The summed E-state index contributed by atoms with van der Waals surface area (Å²) >= 11 is 0. The quantitative estimate of drug-likeness (QED) is 0.217. The predicted octanol–water partition coefficient (Wildman–Crippen LogP) is 6.45. The van der Waals surface area contributed by atoms with Crippen molar-refractivity contribution < 1.29 is 0 Å². The van der Waals surface area contributed by atoms with Crippen molar-refractivity contribution in [3.8, 4) is 11.3 Å². The summed E-state index contributed by atoms with van der Waals surface area (Å²) in [7, 11) is -2.06. The molecule has 0 aliphatic carbocycles. The number of aromatic nitrogens is 2. The smallest absolute Gasteiger partial charge is 0.137 e. The Kier molecular flexibility index (Phi) is 3.73. The number of benzene rings is 4. The Labute approximate surface area is 193 Å². The van der Waals surface area contributed by atoms with Gasteiger partial charge in [-0.2, -0.15) is 0 Å².